The highest BCUT2D eigenvalue weighted by Gasteiger charge is 2.21. The van der Waals surface area contributed by atoms with E-state index in [-0.39, 0.29) is 11.8 Å². The first-order valence-corrected chi connectivity index (χ1v) is 7.12. The van der Waals surface area contributed by atoms with Gasteiger partial charge in [-0.25, -0.2) is 13.2 Å². The first-order valence-electron chi connectivity index (χ1n) is 5.41. The predicted molar refractivity (Wildman–Crippen MR) is 65.7 cm³/mol. The topological polar surface area (TPSA) is 88.3 Å². The standard InChI is InChI=1S/C11H14N2O4S/c1-17-11(14)10-3-2-8(13-10)6-12-9-4-5-18(15,16)7-9/h2-5,9,12-13H,6-7H2,1H3. The molecule has 7 heteroatoms. The van der Waals surface area contributed by atoms with E-state index < -0.39 is 15.8 Å². The highest BCUT2D eigenvalue weighted by Crippen LogP contribution is 2.09. The lowest BCUT2D eigenvalue weighted by atomic mass is 10.3. The molecule has 1 atom stereocenters. The number of ether oxygens (including phenoxy) is 1. The zero-order chi connectivity index (χ0) is 13.2. The smallest absolute Gasteiger partial charge is 0.354 e. The van der Waals surface area contributed by atoms with E-state index in [2.05, 4.69) is 15.0 Å². The first kappa shape index (κ1) is 12.8. The van der Waals surface area contributed by atoms with Crippen molar-refractivity contribution in [1.29, 1.82) is 0 Å². The van der Waals surface area contributed by atoms with Gasteiger partial charge in [0.1, 0.15) is 5.69 Å². The molecule has 1 aliphatic heterocycles. The number of methoxy groups -OCH3 is 1. The minimum atomic E-state index is -3.04. The van der Waals surface area contributed by atoms with Crippen LogP contribution >= 0.6 is 0 Å². The third-order valence-electron chi connectivity index (χ3n) is 2.64. The molecule has 0 spiro atoms. The van der Waals surface area contributed by atoms with Gasteiger partial charge in [0.2, 0.25) is 0 Å². The van der Waals surface area contributed by atoms with Crippen LogP contribution in [0.3, 0.4) is 0 Å². The summed E-state index contributed by atoms with van der Waals surface area (Å²) in [5, 5.41) is 4.30. The van der Waals surface area contributed by atoms with Crippen LogP contribution in [0, 0.1) is 0 Å². The Kier molecular flexibility index (Phi) is 3.53. The highest BCUT2D eigenvalue weighted by atomic mass is 32.2. The van der Waals surface area contributed by atoms with E-state index in [1.54, 1.807) is 18.2 Å². The second-order valence-corrected chi connectivity index (χ2v) is 5.97. The summed E-state index contributed by atoms with van der Waals surface area (Å²) in [5.74, 6) is -0.345. The fraction of sp³-hybridized carbons (Fsp3) is 0.364. The van der Waals surface area contributed by atoms with Crippen LogP contribution in [-0.2, 0) is 21.1 Å². The maximum Gasteiger partial charge on any atom is 0.354 e. The molecule has 98 valence electrons. The third-order valence-corrected chi connectivity index (χ3v) is 4.03. The molecule has 1 aliphatic rings. The molecule has 0 amide bonds. The van der Waals surface area contributed by atoms with Crippen LogP contribution in [0.2, 0.25) is 0 Å². The molecular formula is C11H14N2O4S. The Labute approximate surface area is 105 Å². The minimum Gasteiger partial charge on any atom is -0.464 e. The van der Waals surface area contributed by atoms with Crippen LogP contribution < -0.4 is 5.32 Å². The lowest BCUT2D eigenvalue weighted by Gasteiger charge is -2.08. The predicted octanol–water partition coefficient (Wildman–Crippen LogP) is 0.202. The lowest BCUT2D eigenvalue weighted by Crippen LogP contribution is -2.29. The summed E-state index contributed by atoms with van der Waals surface area (Å²) in [4.78, 5) is 14.1. The quantitative estimate of drug-likeness (QED) is 0.763. The van der Waals surface area contributed by atoms with E-state index in [1.807, 2.05) is 0 Å². The van der Waals surface area contributed by atoms with Gasteiger partial charge >= 0.3 is 5.97 Å². The number of hydrogen-bond donors (Lipinski definition) is 2. The minimum absolute atomic E-state index is 0.0809. The first-order chi connectivity index (χ1) is 8.50. The SMILES string of the molecule is COC(=O)c1ccc(CNC2C=CS(=O)(=O)C2)[nH]1. The number of rotatable bonds is 4. The zero-order valence-corrected chi connectivity index (χ0v) is 10.7. The second kappa shape index (κ2) is 4.95. The Morgan fingerprint density at radius 2 is 2.33 bits per heavy atom. The lowest BCUT2D eigenvalue weighted by molar-refractivity contribution is 0.0594. The number of nitrogens with one attached hydrogen (secondary N) is 2. The van der Waals surface area contributed by atoms with E-state index in [0.717, 1.165) is 5.69 Å². The van der Waals surface area contributed by atoms with Crippen molar-refractivity contribution in [3.8, 4) is 0 Å². The fourth-order valence-electron chi connectivity index (χ4n) is 1.72. The summed E-state index contributed by atoms with van der Waals surface area (Å²) >= 11 is 0. The van der Waals surface area contributed by atoms with Gasteiger partial charge in [0, 0.05) is 23.7 Å². The van der Waals surface area contributed by atoms with Gasteiger partial charge in [0.05, 0.1) is 12.9 Å². The van der Waals surface area contributed by atoms with E-state index in [0.29, 0.717) is 12.2 Å². The maximum atomic E-state index is 11.2. The van der Waals surface area contributed by atoms with Gasteiger partial charge in [-0.1, -0.05) is 6.08 Å². The second-order valence-electron chi connectivity index (χ2n) is 4.03. The molecule has 1 unspecified atom stereocenters. The Hall–Kier alpha value is -1.60. The van der Waals surface area contributed by atoms with Gasteiger partial charge in [0.25, 0.3) is 0 Å². The zero-order valence-electron chi connectivity index (χ0n) is 9.84. The Morgan fingerprint density at radius 3 is 2.94 bits per heavy atom. The number of aromatic nitrogens is 1. The van der Waals surface area contributed by atoms with E-state index in [1.165, 1.54) is 12.5 Å². The molecule has 0 saturated carbocycles. The monoisotopic (exact) mass is 270 g/mol. The molecule has 0 aliphatic carbocycles. The summed E-state index contributed by atoms with van der Waals surface area (Å²) in [6, 6.07) is 3.20. The van der Waals surface area contributed by atoms with Crippen molar-refractivity contribution in [2.75, 3.05) is 12.9 Å². The van der Waals surface area contributed by atoms with Crippen LogP contribution in [0.4, 0.5) is 0 Å². The average molecular weight is 270 g/mol. The van der Waals surface area contributed by atoms with E-state index in [9.17, 15) is 13.2 Å². The summed E-state index contributed by atoms with van der Waals surface area (Å²) in [7, 11) is -1.72. The van der Waals surface area contributed by atoms with Gasteiger partial charge in [-0.3, -0.25) is 0 Å². The molecule has 0 saturated heterocycles. The summed E-state index contributed by atoms with van der Waals surface area (Å²) in [5.41, 5.74) is 1.18. The molecule has 1 aromatic heterocycles. The van der Waals surface area contributed by atoms with Crippen molar-refractivity contribution in [2.24, 2.45) is 0 Å². The summed E-state index contributed by atoms with van der Waals surface area (Å²) in [6.45, 7) is 0.460. The van der Waals surface area contributed by atoms with Crippen molar-refractivity contribution in [3.05, 3.63) is 35.0 Å². The van der Waals surface area contributed by atoms with E-state index >= 15 is 0 Å². The van der Waals surface area contributed by atoms with Crippen molar-refractivity contribution < 1.29 is 17.9 Å². The number of esters is 1. The summed E-state index contributed by atoms with van der Waals surface area (Å²) < 4.78 is 27.0. The van der Waals surface area contributed by atoms with Gasteiger partial charge in [0.15, 0.2) is 9.84 Å². The largest absolute Gasteiger partial charge is 0.464 e. The van der Waals surface area contributed by atoms with Gasteiger partial charge in [-0.2, -0.15) is 0 Å². The average Bonchev–Trinajstić information content (AvgIpc) is 2.92. The normalized spacial score (nSPS) is 21.1. The van der Waals surface area contributed by atoms with E-state index in [4.69, 9.17) is 0 Å². The molecule has 1 aromatic rings. The number of sulfone groups is 1. The Bertz CT molecular complexity index is 574. The van der Waals surface area contributed by atoms with Crippen LogP contribution in [0.5, 0.6) is 0 Å². The number of H-pyrrole nitrogens is 1. The number of hydrogen-bond acceptors (Lipinski definition) is 5. The molecule has 2 heterocycles. The molecule has 0 fully saturated rings. The maximum absolute atomic E-state index is 11.2. The Balaban J connectivity index is 1.90. The number of carbonyl (C=O) groups excluding carboxylic acids is 1. The van der Waals surface area contributed by atoms with Gasteiger partial charge in [-0.15, -0.1) is 0 Å². The van der Waals surface area contributed by atoms with Crippen LogP contribution in [-0.4, -0.2) is 38.3 Å². The van der Waals surface area contributed by atoms with Crippen LogP contribution in [0.15, 0.2) is 23.6 Å². The van der Waals surface area contributed by atoms with Gasteiger partial charge < -0.3 is 15.0 Å². The molecule has 6 nitrogen and oxygen atoms in total. The molecule has 0 aromatic carbocycles. The molecule has 2 rings (SSSR count). The van der Waals surface area contributed by atoms with Crippen molar-refractivity contribution in [1.82, 2.24) is 10.3 Å². The fourth-order valence-corrected chi connectivity index (χ4v) is 2.99. The number of aromatic amines is 1. The summed E-state index contributed by atoms with van der Waals surface area (Å²) in [6.07, 6.45) is 1.62. The molecule has 2 N–H and O–H groups in total. The third kappa shape index (κ3) is 2.99. The number of carbonyl (C=O) groups is 1. The highest BCUT2D eigenvalue weighted by molar-refractivity contribution is 7.94. The molecule has 18 heavy (non-hydrogen) atoms. The van der Waals surface area contributed by atoms with Gasteiger partial charge in [-0.05, 0) is 12.1 Å². The molecular weight excluding hydrogens is 256 g/mol. The van der Waals surface area contributed by atoms with Crippen molar-refractivity contribution in [3.63, 3.8) is 0 Å². The Morgan fingerprint density at radius 1 is 1.56 bits per heavy atom. The van der Waals surface area contributed by atoms with Crippen LogP contribution in [0.1, 0.15) is 16.2 Å². The molecule has 0 radical (unpaired) electrons. The molecule has 0 bridgehead atoms. The van der Waals surface area contributed by atoms with Crippen molar-refractivity contribution in [2.45, 2.75) is 12.6 Å². The van der Waals surface area contributed by atoms with Crippen molar-refractivity contribution >= 4 is 15.8 Å². The van der Waals surface area contributed by atoms with Crippen LogP contribution in [0.25, 0.3) is 0 Å².